The second-order valence-corrected chi connectivity index (χ2v) is 6.38. The van der Waals surface area contributed by atoms with Crippen LogP contribution in [0.2, 0.25) is 0 Å². The van der Waals surface area contributed by atoms with Crippen molar-refractivity contribution in [3.05, 3.63) is 54.6 Å². The predicted molar refractivity (Wildman–Crippen MR) is 98.1 cm³/mol. The first-order valence-corrected chi connectivity index (χ1v) is 8.67. The molecule has 0 unspecified atom stereocenters. The van der Waals surface area contributed by atoms with Gasteiger partial charge in [0.2, 0.25) is 0 Å². The van der Waals surface area contributed by atoms with E-state index in [1.165, 1.54) is 4.90 Å². The Morgan fingerprint density at radius 1 is 1.09 bits per heavy atom. The number of nitrogens with zero attached hydrogens (tertiary/aromatic N) is 1. The Kier molecular flexibility index (Phi) is 5.16. The zero-order chi connectivity index (χ0) is 16.1. The maximum Gasteiger partial charge on any atom is 0.119 e. The summed E-state index contributed by atoms with van der Waals surface area (Å²) in [7, 11) is 1.69. The van der Waals surface area contributed by atoms with Crippen LogP contribution in [0.4, 0.5) is 0 Å². The minimum absolute atomic E-state index is 0.713. The van der Waals surface area contributed by atoms with Crippen molar-refractivity contribution in [1.29, 1.82) is 0 Å². The van der Waals surface area contributed by atoms with Crippen molar-refractivity contribution in [1.82, 2.24) is 4.98 Å². The molecule has 0 aliphatic carbocycles. The van der Waals surface area contributed by atoms with Crippen molar-refractivity contribution in [2.45, 2.75) is 11.3 Å². The van der Waals surface area contributed by atoms with E-state index in [0.717, 1.165) is 40.1 Å². The van der Waals surface area contributed by atoms with Gasteiger partial charge in [0.1, 0.15) is 5.75 Å². The molecule has 0 saturated carbocycles. The third-order valence-electron chi connectivity index (χ3n) is 3.65. The van der Waals surface area contributed by atoms with Gasteiger partial charge in [-0.1, -0.05) is 30.3 Å². The van der Waals surface area contributed by atoms with Gasteiger partial charge < -0.3 is 10.5 Å². The lowest BCUT2D eigenvalue weighted by Gasteiger charge is -2.11. The van der Waals surface area contributed by atoms with Crippen LogP contribution in [0.3, 0.4) is 0 Å². The summed E-state index contributed by atoms with van der Waals surface area (Å²) in [5, 5.41) is 1.13. The fraction of sp³-hybridized carbons (Fsp3) is 0.211. The van der Waals surface area contributed by atoms with Crippen LogP contribution in [0.5, 0.6) is 5.75 Å². The Hall–Kier alpha value is -2.04. The first-order chi connectivity index (χ1) is 11.3. The Morgan fingerprint density at radius 2 is 1.91 bits per heavy atom. The van der Waals surface area contributed by atoms with Crippen LogP contribution in [-0.4, -0.2) is 24.4 Å². The number of pyridine rings is 1. The second kappa shape index (κ2) is 7.49. The van der Waals surface area contributed by atoms with E-state index < -0.39 is 0 Å². The molecule has 0 radical (unpaired) electrons. The first kappa shape index (κ1) is 15.8. The van der Waals surface area contributed by atoms with E-state index in [1.807, 2.05) is 42.1 Å². The molecular formula is C19H20N2OS. The summed E-state index contributed by atoms with van der Waals surface area (Å²) in [6.07, 6.45) is 0.999. The van der Waals surface area contributed by atoms with Crippen molar-refractivity contribution in [2.24, 2.45) is 5.73 Å². The summed E-state index contributed by atoms with van der Waals surface area (Å²) in [5.74, 6) is 1.86. The molecule has 4 heteroatoms. The predicted octanol–water partition coefficient (Wildman–Crippen LogP) is 4.35. The average molecular weight is 324 g/mol. The molecule has 0 bridgehead atoms. The lowest BCUT2D eigenvalue weighted by Crippen LogP contribution is -1.99. The highest BCUT2D eigenvalue weighted by molar-refractivity contribution is 7.99. The van der Waals surface area contributed by atoms with Crippen molar-refractivity contribution < 1.29 is 4.74 Å². The molecule has 2 N–H and O–H groups in total. The molecule has 3 nitrogen and oxygen atoms in total. The topological polar surface area (TPSA) is 48.1 Å². The average Bonchev–Trinajstić information content (AvgIpc) is 2.62. The molecule has 0 spiro atoms. The van der Waals surface area contributed by atoms with Gasteiger partial charge in [0.15, 0.2) is 0 Å². The molecule has 2 aromatic carbocycles. The van der Waals surface area contributed by atoms with E-state index in [-0.39, 0.29) is 0 Å². The van der Waals surface area contributed by atoms with E-state index in [1.54, 1.807) is 7.11 Å². The molecule has 3 rings (SSSR count). The third-order valence-corrected chi connectivity index (χ3v) is 4.80. The van der Waals surface area contributed by atoms with Crippen LogP contribution in [0.1, 0.15) is 6.42 Å². The van der Waals surface area contributed by atoms with Gasteiger partial charge in [-0.25, -0.2) is 4.98 Å². The zero-order valence-corrected chi connectivity index (χ0v) is 14.0. The van der Waals surface area contributed by atoms with Crippen LogP contribution in [0, 0.1) is 0 Å². The summed E-state index contributed by atoms with van der Waals surface area (Å²) >= 11 is 1.83. The van der Waals surface area contributed by atoms with Gasteiger partial charge in [-0.2, -0.15) is 0 Å². The Labute approximate surface area is 140 Å². The number of benzene rings is 2. The van der Waals surface area contributed by atoms with Gasteiger partial charge in [-0.15, -0.1) is 11.8 Å². The lowest BCUT2D eigenvalue weighted by molar-refractivity contribution is 0.415. The minimum atomic E-state index is 0.713. The molecule has 118 valence electrons. The third kappa shape index (κ3) is 3.66. The van der Waals surface area contributed by atoms with Gasteiger partial charge >= 0.3 is 0 Å². The highest BCUT2D eigenvalue weighted by atomic mass is 32.2. The highest BCUT2D eigenvalue weighted by Gasteiger charge is 2.09. The highest BCUT2D eigenvalue weighted by Crippen LogP contribution is 2.33. The molecule has 0 atom stereocenters. The molecule has 0 aliphatic heterocycles. The molecule has 1 aromatic heterocycles. The standard InChI is InChI=1S/C19H20N2OS/c1-22-15-8-9-17-16(12-15)19(23-11-5-10-20)13-18(21-17)14-6-3-2-4-7-14/h2-4,6-9,12-13H,5,10-11,20H2,1H3. The zero-order valence-electron chi connectivity index (χ0n) is 13.2. The molecule has 0 saturated heterocycles. The summed E-state index contributed by atoms with van der Waals surface area (Å²) in [6, 6.07) is 18.5. The van der Waals surface area contributed by atoms with Crippen molar-refractivity contribution in [3.8, 4) is 17.0 Å². The summed E-state index contributed by atoms with van der Waals surface area (Å²) < 4.78 is 5.36. The fourth-order valence-electron chi connectivity index (χ4n) is 2.44. The van der Waals surface area contributed by atoms with E-state index in [0.29, 0.717) is 6.54 Å². The number of hydrogen-bond donors (Lipinski definition) is 1. The fourth-order valence-corrected chi connectivity index (χ4v) is 3.49. The number of methoxy groups -OCH3 is 1. The van der Waals surface area contributed by atoms with Gasteiger partial charge in [-0.3, -0.25) is 0 Å². The van der Waals surface area contributed by atoms with Gasteiger partial charge in [-0.05, 0) is 43.0 Å². The summed E-state index contributed by atoms with van der Waals surface area (Å²) in [4.78, 5) is 6.04. The smallest absolute Gasteiger partial charge is 0.119 e. The van der Waals surface area contributed by atoms with Crippen molar-refractivity contribution >= 4 is 22.7 Å². The lowest BCUT2D eigenvalue weighted by atomic mass is 10.1. The van der Waals surface area contributed by atoms with Crippen LogP contribution in [0.15, 0.2) is 59.5 Å². The maximum absolute atomic E-state index is 5.63. The van der Waals surface area contributed by atoms with Gasteiger partial charge in [0.05, 0.1) is 18.3 Å². The Morgan fingerprint density at radius 3 is 2.65 bits per heavy atom. The number of aromatic nitrogens is 1. The van der Waals surface area contributed by atoms with E-state index in [2.05, 4.69) is 24.3 Å². The van der Waals surface area contributed by atoms with Gasteiger partial charge in [0.25, 0.3) is 0 Å². The van der Waals surface area contributed by atoms with Crippen LogP contribution < -0.4 is 10.5 Å². The van der Waals surface area contributed by atoms with Crippen molar-refractivity contribution in [2.75, 3.05) is 19.4 Å². The monoisotopic (exact) mass is 324 g/mol. The van der Waals surface area contributed by atoms with Gasteiger partial charge in [0, 0.05) is 15.8 Å². The SMILES string of the molecule is COc1ccc2nc(-c3ccccc3)cc(SCCCN)c2c1. The van der Waals surface area contributed by atoms with Crippen LogP contribution >= 0.6 is 11.8 Å². The number of ether oxygens (including phenoxy) is 1. The quantitative estimate of drug-likeness (QED) is 0.541. The minimum Gasteiger partial charge on any atom is -0.497 e. The Balaban J connectivity index is 2.09. The summed E-state index contributed by atoms with van der Waals surface area (Å²) in [5.41, 5.74) is 8.74. The van der Waals surface area contributed by atoms with E-state index in [9.17, 15) is 0 Å². The molecule has 0 fully saturated rings. The second-order valence-electron chi connectivity index (χ2n) is 5.25. The van der Waals surface area contributed by atoms with Crippen molar-refractivity contribution in [3.63, 3.8) is 0 Å². The molecule has 3 aromatic rings. The normalized spacial score (nSPS) is 10.9. The largest absolute Gasteiger partial charge is 0.497 e. The molecule has 0 aliphatic rings. The maximum atomic E-state index is 5.63. The summed E-state index contributed by atoms with van der Waals surface area (Å²) in [6.45, 7) is 0.713. The first-order valence-electron chi connectivity index (χ1n) is 7.69. The number of nitrogens with two attached hydrogens (primary N) is 1. The number of thioether (sulfide) groups is 1. The molecule has 23 heavy (non-hydrogen) atoms. The van der Waals surface area contributed by atoms with Crippen LogP contribution in [0.25, 0.3) is 22.2 Å². The number of hydrogen-bond acceptors (Lipinski definition) is 4. The van der Waals surface area contributed by atoms with Crippen LogP contribution in [-0.2, 0) is 0 Å². The van der Waals surface area contributed by atoms with E-state index in [4.69, 9.17) is 15.5 Å². The molecular weight excluding hydrogens is 304 g/mol. The number of fused-ring (bicyclic) bond motifs is 1. The van der Waals surface area contributed by atoms with E-state index >= 15 is 0 Å². The molecule has 0 amide bonds. The molecule has 1 heterocycles. The Bertz CT molecular complexity index is 790. The number of rotatable bonds is 6.